The summed E-state index contributed by atoms with van der Waals surface area (Å²) in [6, 6.07) is 106. The molecule has 2 atom stereocenters. The molecule has 0 fully saturated rings. The van der Waals surface area contributed by atoms with Gasteiger partial charge in [0.25, 0.3) is 0 Å². The van der Waals surface area contributed by atoms with Crippen LogP contribution in [0.3, 0.4) is 0 Å². The SMILES string of the molecule is c1ccc2c(c1)-c1ccc(N(c3ccc4c5ccccc5c5ccccc5c4c3)c3cccc4c3-c3ccccc3C43c4ccccc4-n4c5ccccc5c5cccc3c54)cc1C21c2ccccc2-c2c1ccc1ccccc21. The lowest BCUT2D eigenvalue weighted by atomic mass is 9.65. The Labute approximate surface area is 462 Å². The van der Waals surface area contributed by atoms with Crippen molar-refractivity contribution in [1.29, 1.82) is 0 Å². The molecule has 2 heteroatoms. The average Bonchev–Trinajstić information content (AvgIpc) is 2.86. The molecule has 0 saturated carbocycles. The molecule has 1 aliphatic heterocycles. The second-order valence-electron chi connectivity index (χ2n) is 22.5. The summed E-state index contributed by atoms with van der Waals surface area (Å²) in [4.78, 5) is 2.61. The molecule has 14 aromatic carbocycles. The Morgan fingerprint density at radius 3 is 1.51 bits per heavy atom. The van der Waals surface area contributed by atoms with E-state index in [-0.39, 0.29) is 0 Å². The standard InChI is InChI=1S/C78H46N2/c1-2-20-50-47(19-1)39-44-68-74(50)60-27-8-12-31-64(60)77(68)63-30-11-7-25-56(63)57-43-41-49(46-70(57)77)79(48-40-42-55-53-23-4-3-21-51(53)52-22-5-6-24-54(52)62(55)45-48)73-38-18-34-67-75(73)61-28-9-13-32-65(61)78(67)66-33-14-16-37-72(66)80-71-36-15-10-26-58(71)59-29-17-35-69(78)76(59)80/h1-46H. The van der Waals surface area contributed by atoms with Crippen LogP contribution in [0, 0.1) is 0 Å². The molecule has 80 heavy (non-hydrogen) atoms. The number of anilines is 3. The van der Waals surface area contributed by atoms with Crippen LogP contribution >= 0.6 is 0 Å². The van der Waals surface area contributed by atoms with E-state index in [9.17, 15) is 0 Å². The van der Waals surface area contributed by atoms with E-state index < -0.39 is 10.8 Å². The van der Waals surface area contributed by atoms with Crippen molar-refractivity contribution in [1.82, 2.24) is 4.57 Å². The van der Waals surface area contributed by atoms with Crippen molar-refractivity contribution in [2.24, 2.45) is 0 Å². The van der Waals surface area contributed by atoms with Crippen molar-refractivity contribution in [3.63, 3.8) is 0 Å². The Kier molecular flexibility index (Phi) is 8.16. The van der Waals surface area contributed by atoms with E-state index in [1.807, 2.05) is 0 Å². The van der Waals surface area contributed by atoms with Crippen LogP contribution in [0.4, 0.5) is 17.1 Å². The van der Waals surface area contributed by atoms with Crippen molar-refractivity contribution in [3.05, 3.63) is 324 Å². The van der Waals surface area contributed by atoms with Crippen LogP contribution in [0.1, 0.15) is 44.5 Å². The summed E-state index contributed by atoms with van der Waals surface area (Å²) in [7, 11) is 0. The van der Waals surface area contributed by atoms with Gasteiger partial charge in [-0.25, -0.2) is 0 Å². The first-order valence-electron chi connectivity index (χ1n) is 28.1. The molecule has 2 nitrogen and oxygen atoms in total. The van der Waals surface area contributed by atoms with E-state index in [0.29, 0.717) is 0 Å². The summed E-state index contributed by atoms with van der Waals surface area (Å²) < 4.78 is 2.54. The van der Waals surface area contributed by atoms with Crippen molar-refractivity contribution in [2.75, 3.05) is 4.90 Å². The summed E-state index contributed by atoms with van der Waals surface area (Å²) in [5.41, 5.74) is 24.2. The van der Waals surface area contributed by atoms with Crippen molar-refractivity contribution in [3.8, 4) is 39.1 Å². The van der Waals surface area contributed by atoms with Crippen LogP contribution in [-0.2, 0) is 10.8 Å². The van der Waals surface area contributed by atoms with Crippen LogP contribution < -0.4 is 4.90 Å². The van der Waals surface area contributed by atoms with Gasteiger partial charge in [-0.3, -0.25) is 0 Å². The van der Waals surface area contributed by atoms with Gasteiger partial charge in [0.05, 0.1) is 33.2 Å². The quantitative estimate of drug-likeness (QED) is 0.160. The first-order valence-corrected chi connectivity index (χ1v) is 28.1. The largest absolute Gasteiger partial charge is 0.310 e. The Bertz CT molecular complexity index is 5250. The van der Waals surface area contributed by atoms with E-state index in [0.717, 1.165) is 17.1 Å². The van der Waals surface area contributed by atoms with Crippen LogP contribution in [0.2, 0.25) is 0 Å². The molecule has 0 bridgehead atoms. The van der Waals surface area contributed by atoms with Gasteiger partial charge in [0.1, 0.15) is 0 Å². The minimum atomic E-state index is -0.615. The molecule has 19 rings (SSSR count). The lowest BCUT2D eigenvalue weighted by Crippen LogP contribution is -2.33. The zero-order valence-electron chi connectivity index (χ0n) is 43.5. The second kappa shape index (κ2) is 15.3. The van der Waals surface area contributed by atoms with Gasteiger partial charge in [0, 0.05) is 27.7 Å². The molecule has 15 aromatic rings. The maximum atomic E-state index is 2.61. The zero-order valence-corrected chi connectivity index (χ0v) is 43.5. The van der Waals surface area contributed by atoms with Crippen LogP contribution in [0.15, 0.2) is 279 Å². The van der Waals surface area contributed by atoms with Gasteiger partial charge < -0.3 is 9.47 Å². The van der Waals surface area contributed by atoms with E-state index in [4.69, 9.17) is 0 Å². The number of fused-ring (bicyclic) bond motifs is 30. The minimum absolute atomic E-state index is 0.555. The highest BCUT2D eigenvalue weighted by atomic mass is 15.1. The predicted molar refractivity (Wildman–Crippen MR) is 333 cm³/mol. The molecule has 368 valence electrons. The third-order valence-corrected chi connectivity index (χ3v) is 19.1. The summed E-state index contributed by atoms with van der Waals surface area (Å²) in [5, 5.41) is 12.7. The number of aromatic nitrogens is 1. The van der Waals surface area contributed by atoms with Crippen molar-refractivity contribution in [2.45, 2.75) is 10.8 Å². The van der Waals surface area contributed by atoms with Gasteiger partial charge in [-0.05, 0) is 158 Å². The fourth-order valence-corrected chi connectivity index (χ4v) is 16.3. The number of para-hydroxylation sites is 3. The highest BCUT2D eigenvalue weighted by Crippen LogP contribution is 2.66. The molecule has 1 aromatic heterocycles. The number of hydrogen-bond donors (Lipinski definition) is 0. The first-order chi connectivity index (χ1) is 39.7. The fraction of sp³-hybridized carbons (Fsp3) is 0.0256. The van der Waals surface area contributed by atoms with Crippen LogP contribution in [-0.4, -0.2) is 4.57 Å². The predicted octanol–water partition coefficient (Wildman–Crippen LogP) is 19.9. The molecule has 0 radical (unpaired) electrons. The minimum Gasteiger partial charge on any atom is -0.310 e. The molecule has 4 aliphatic rings. The monoisotopic (exact) mass is 1010 g/mol. The zero-order chi connectivity index (χ0) is 52.0. The molecule has 0 amide bonds. The molecular formula is C78H46N2. The van der Waals surface area contributed by atoms with Gasteiger partial charge in [-0.15, -0.1) is 0 Å². The van der Waals surface area contributed by atoms with E-state index in [2.05, 4.69) is 289 Å². The maximum Gasteiger partial charge on any atom is 0.0755 e. The van der Waals surface area contributed by atoms with Crippen molar-refractivity contribution < 1.29 is 0 Å². The van der Waals surface area contributed by atoms with Crippen LogP contribution in [0.5, 0.6) is 0 Å². The molecule has 2 heterocycles. The molecule has 0 N–H and O–H groups in total. The first kappa shape index (κ1) is 42.8. The molecule has 3 aliphatic carbocycles. The Balaban J connectivity index is 0.938. The summed E-state index contributed by atoms with van der Waals surface area (Å²) in [5.74, 6) is 0. The molecule has 2 unspecified atom stereocenters. The Hall–Kier alpha value is -10.3. The number of benzene rings is 14. The van der Waals surface area contributed by atoms with E-state index >= 15 is 0 Å². The third kappa shape index (κ3) is 5.03. The van der Waals surface area contributed by atoms with E-state index in [1.165, 1.54) is 148 Å². The lowest BCUT2D eigenvalue weighted by Gasteiger charge is -2.39. The fourth-order valence-electron chi connectivity index (χ4n) is 16.3. The van der Waals surface area contributed by atoms with Crippen LogP contribution in [0.25, 0.3) is 104 Å². The Morgan fingerprint density at radius 1 is 0.263 bits per heavy atom. The number of hydrogen-bond acceptors (Lipinski definition) is 1. The van der Waals surface area contributed by atoms with Gasteiger partial charge >= 0.3 is 0 Å². The third-order valence-electron chi connectivity index (χ3n) is 19.1. The second-order valence-corrected chi connectivity index (χ2v) is 22.5. The summed E-state index contributed by atoms with van der Waals surface area (Å²) in [6.45, 7) is 0. The molecular weight excluding hydrogens is 965 g/mol. The number of nitrogens with zero attached hydrogens (tertiary/aromatic N) is 2. The highest BCUT2D eigenvalue weighted by molar-refractivity contribution is 6.26. The van der Waals surface area contributed by atoms with Gasteiger partial charge in [-0.1, -0.05) is 237 Å². The van der Waals surface area contributed by atoms with Gasteiger partial charge in [-0.2, -0.15) is 0 Å². The van der Waals surface area contributed by atoms with Gasteiger partial charge in [0.2, 0.25) is 0 Å². The average molecular weight is 1010 g/mol. The van der Waals surface area contributed by atoms with Gasteiger partial charge in [0.15, 0.2) is 0 Å². The topological polar surface area (TPSA) is 8.17 Å². The van der Waals surface area contributed by atoms with Crippen molar-refractivity contribution >= 4 is 82.0 Å². The smallest absolute Gasteiger partial charge is 0.0755 e. The molecule has 0 saturated heterocycles. The summed E-state index contributed by atoms with van der Waals surface area (Å²) >= 11 is 0. The Morgan fingerprint density at radius 2 is 0.750 bits per heavy atom. The number of rotatable bonds is 3. The highest BCUT2D eigenvalue weighted by Gasteiger charge is 2.54. The normalized spacial score (nSPS) is 16.6. The lowest BCUT2D eigenvalue weighted by molar-refractivity contribution is 0.748. The molecule has 2 spiro atoms. The summed E-state index contributed by atoms with van der Waals surface area (Å²) in [6.07, 6.45) is 0. The van der Waals surface area contributed by atoms with E-state index in [1.54, 1.807) is 0 Å². The maximum absolute atomic E-state index is 2.61.